The molecule has 0 N–H and O–H groups in total. The van der Waals surface area contributed by atoms with Gasteiger partial charge >= 0.3 is 0 Å². The summed E-state index contributed by atoms with van der Waals surface area (Å²) in [6.07, 6.45) is 7.30. The van der Waals surface area contributed by atoms with E-state index in [0.717, 1.165) is 12.8 Å². The Bertz CT molecular complexity index is 784. The van der Waals surface area contributed by atoms with Crippen LogP contribution in [0.25, 0.3) is 0 Å². The van der Waals surface area contributed by atoms with E-state index in [2.05, 4.69) is 104 Å². The van der Waals surface area contributed by atoms with E-state index in [0.29, 0.717) is 11.7 Å². The van der Waals surface area contributed by atoms with Gasteiger partial charge in [0.1, 0.15) is 5.78 Å². The molecule has 1 saturated carbocycles. The molecular weight excluding hydrogens is 436 g/mol. The normalized spacial score (nSPS) is 13.2. The second kappa shape index (κ2) is 19.3. The quantitative estimate of drug-likeness (QED) is 0.402. The number of benzene rings is 2. The average Bonchev–Trinajstić information content (AvgIpc) is 2.85. The smallest absolute Gasteiger partial charge is 0.135 e. The molecule has 0 aliphatic heterocycles. The molecule has 0 aromatic heterocycles. The van der Waals surface area contributed by atoms with Crippen LogP contribution in [-0.4, -0.2) is 5.78 Å². The Kier molecular flexibility index (Phi) is 19.4. The summed E-state index contributed by atoms with van der Waals surface area (Å²) in [6, 6.07) is 17.8. The highest BCUT2D eigenvalue weighted by Gasteiger charge is 2.35. The maximum Gasteiger partial charge on any atom is 0.135 e. The van der Waals surface area contributed by atoms with Gasteiger partial charge in [0.05, 0.1) is 0 Å². The van der Waals surface area contributed by atoms with Crippen LogP contribution in [0.2, 0.25) is 0 Å². The lowest BCUT2D eigenvalue weighted by Crippen LogP contribution is -2.32. The zero-order chi connectivity index (χ0) is 28.4. The van der Waals surface area contributed by atoms with Crippen LogP contribution in [0, 0.1) is 12.3 Å². The van der Waals surface area contributed by atoms with E-state index in [4.69, 9.17) is 0 Å². The zero-order valence-corrected chi connectivity index (χ0v) is 26.3. The van der Waals surface area contributed by atoms with Gasteiger partial charge < -0.3 is 0 Å². The molecule has 1 aliphatic rings. The Morgan fingerprint density at radius 1 is 0.889 bits per heavy atom. The first-order valence-electron chi connectivity index (χ1n) is 14.6. The summed E-state index contributed by atoms with van der Waals surface area (Å²) in [5.74, 6) is 0.998. The lowest BCUT2D eigenvalue weighted by atomic mass is 9.68. The maximum absolute atomic E-state index is 10.7. The van der Waals surface area contributed by atoms with Crippen LogP contribution in [0.5, 0.6) is 0 Å². The average molecular weight is 497 g/mol. The molecule has 1 heteroatoms. The van der Waals surface area contributed by atoms with Crippen molar-refractivity contribution in [2.75, 3.05) is 0 Å². The fourth-order valence-corrected chi connectivity index (χ4v) is 3.56. The second-order valence-electron chi connectivity index (χ2n) is 11.1. The predicted octanol–water partition coefficient (Wildman–Crippen LogP) is 11.3. The molecule has 0 unspecified atom stereocenters. The first-order chi connectivity index (χ1) is 16.9. The van der Waals surface area contributed by atoms with Crippen molar-refractivity contribution in [2.24, 2.45) is 5.41 Å². The molecule has 2 aromatic rings. The number of ketones is 1. The molecule has 1 fully saturated rings. The van der Waals surface area contributed by atoms with Gasteiger partial charge in [0.25, 0.3) is 0 Å². The van der Waals surface area contributed by atoms with Gasteiger partial charge in [0, 0.05) is 5.41 Å². The lowest BCUT2D eigenvalue weighted by Gasteiger charge is -2.35. The molecule has 0 bridgehead atoms. The summed E-state index contributed by atoms with van der Waals surface area (Å²) in [7, 11) is 0. The monoisotopic (exact) mass is 496 g/mol. The van der Waals surface area contributed by atoms with Crippen molar-refractivity contribution in [2.45, 2.75) is 140 Å². The summed E-state index contributed by atoms with van der Waals surface area (Å²) in [5, 5.41) is 0. The third-order valence-corrected chi connectivity index (χ3v) is 6.69. The first kappa shape index (κ1) is 36.3. The highest BCUT2D eigenvalue weighted by Crippen LogP contribution is 2.40. The minimum absolute atomic E-state index is 0.0833. The number of aryl methyl sites for hydroxylation is 2. The number of carbonyl (C=O) groups excluding carboxylic acids is 1. The summed E-state index contributed by atoms with van der Waals surface area (Å²) in [5.41, 5.74) is 6.02. The van der Waals surface area contributed by atoms with Gasteiger partial charge in [-0.1, -0.05) is 143 Å². The standard InChI is InChI=1S/C13H20.C11H16.C7H12O.2C2H6/c1-10(2)11-6-8-12(9-7-11)13(3,4)5;1-3-4-5-11-8-6-10(2)7-9-11;1-6(8)7(2)4-3-5-7;2*1-2/h6-10H,1-5H3;6-9H,3-5H2,1-2H3;3-5H2,1-2H3;2*1-2H3. The SMILES string of the molecule is CC.CC.CC(=O)C1(C)CCC1.CC(C)c1ccc(C(C)(C)C)cc1.CCCCc1ccc(C)cc1. The Labute approximate surface area is 226 Å². The van der Waals surface area contributed by atoms with E-state index in [-0.39, 0.29) is 10.8 Å². The van der Waals surface area contributed by atoms with Crippen LogP contribution in [0.4, 0.5) is 0 Å². The summed E-state index contributed by atoms with van der Waals surface area (Å²) >= 11 is 0. The van der Waals surface area contributed by atoms with E-state index in [1.807, 2.05) is 27.7 Å². The second-order valence-corrected chi connectivity index (χ2v) is 11.1. The minimum Gasteiger partial charge on any atom is -0.299 e. The van der Waals surface area contributed by atoms with Crippen LogP contribution < -0.4 is 0 Å². The summed E-state index contributed by atoms with van der Waals surface area (Å²) in [6.45, 7) is 27.3. The zero-order valence-electron chi connectivity index (χ0n) is 26.3. The number of hydrogen-bond acceptors (Lipinski definition) is 1. The molecule has 0 saturated heterocycles. The third kappa shape index (κ3) is 14.6. The van der Waals surface area contributed by atoms with Crippen molar-refractivity contribution < 1.29 is 4.79 Å². The van der Waals surface area contributed by atoms with Crippen LogP contribution in [0.3, 0.4) is 0 Å². The Hall–Kier alpha value is -1.89. The third-order valence-electron chi connectivity index (χ3n) is 6.69. The number of unbranched alkanes of at least 4 members (excludes halogenated alkanes) is 1. The van der Waals surface area contributed by atoms with Crippen molar-refractivity contribution in [3.05, 3.63) is 70.8 Å². The van der Waals surface area contributed by atoms with Gasteiger partial charge in [0.15, 0.2) is 0 Å². The molecule has 2 aromatic carbocycles. The van der Waals surface area contributed by atoms with Crippen molar-refractivity contribution in [1.29, 1.82) is 0 Å². The fraction of sp³-hybridized carbons (Fsp3) is 0.629. The molecule has 0 spiro atoms. The number of carbonyl (C=O) groups is 1. The van der Waals surface area contributed by atoms with E-state index in [1.165, 1.54) is 47.9 Å². The number of Topliss-reactive ketones (excluding diaryl/α,β-unsaturated/α-hetero) is 1. The van der Waals surface area contributed by atoms with E-state index in [1.54, 1.807) is 6.92 Å². The summed E-state index contributed by atoms with van der Waals surface area (Å²) < 4.78 is 0. The van der Waals surface area contributed by atoms with Crippen molar-refractivity contribution in [3.63, 3.8) is 0 Å². The van der Waals surface area contributed by atoms with Crippen molar-refractivity contribution in [1.82, 2.24) is 0 Å². The molecule has 36 heavy (non-hydrogen) atoms. The molecule has 0 heterocycles. The van der Waals surface area contributed by atoms with Crippen LogP contribution >= 0.6 is 0 Å². The van der Waals surface area contributed by atoms with Crippen molar-refractivity contribution >= 4 is 5.78 Å². The van der Waals surface area contributed by atoms with Crippen LogP contribution in [0.15, 0.2) is 48.5 Å². The molecule has 0 atom stereocenters. The van der Waals surface area contributed by atoms with Gasteiger partial charge in [-0.15, -0.1) is 0 Å². The molecule has 206 valence electrons. The van der Waals surface area contributed by atoms with E-state index in [9.17, 15) is 4.79 Å². The highest BCUT2D eigenvalue weighted by atomic mass is 16.1. The Balaban J connectivity index is 0. The predicted molar refractivity (Wildman–Crippen MR) is 164 cm³/mol. The molecule has 3 rings (SSSR count). The fourth-order valence-electron chi connectivity index (χ4n) is 3.56. The van der Waals surface area contributed by atoms with Crippen molar-refractivity contribution in [3.8, 4) is 0 Å². The number of hydrogen-bond donors (Lipinski definition) is 0. The van der Waals surface area contributed by atoms with Gasteiger partial charge in [0.2, 0.25) is 0 Å². The Morgan fingerprint density at radius 3 is 1.64 bits per heavy atom. The molecule has 1 nitrogen and oxygen atoms in total. The lowest BCUT2D eigenvalue weighted by molar-refractivity contribution is -0.129. The topological polar surface area (TPSA) is 17.1 Å². The van der Waals surface area contributed by atoms with E-state index >= 15 is 0 Å². The van der Waals surface area contributed by atoms with Gasteiger partial charge in [-0.3, -0.25) is 4.79 Å². The minimum atomic E-state index is 0.0833. The molecule has 0 amide bonds. The van der Waals surface area contributed by atoms with Gasteiger partial charge in [-0.05, 0) is 67.6 Å². The van der Waals surface area contributed by atoms with Crippen LogP contribution in [0.1, 0.15) is 143 Å². The molecular formula is C35H60O. The highest BCUT2D eigenvalue weighted by molar-refractivity contribution is 5.82. The maximum atomic E-state index is 10.7. The van der Waals surface area contributed by atoms with E-state index < -0.39 is 0 Å². The largest absolute Gasteiger partial charge is 0.299 e. The Morgan fingerprint density at radius 2 is 1.36 bits per heavy atom. The summed E-state index contributed by atoms with van der Waals surface area (Å²) in [4.78, 5) is 10.7. The first-order valence-corrected chi connectivity index (χ1v) is 14.6. The van der Waals surface area contributed by atoms with Gasteiger partial charge in [-0.2, -0.15) is 0 Å². The molecule has 1 aliphatic carbocycles. The van der Waals surface area contributed by atoms with Gasteiger partial charge in [-0.25, -0.2) is 0 Å². The number of rotatable bonds is 5. The van der Waals surface area contributed by atoms with Crippen LogP contribution in [-0.2, 0) is 16.6 Å². The molecule has 0 radical (unpaired) electrons.